The van der Waals surface area contributed by atoms with Gasteiger partial charge in [0.25, 0.3) is 0 Å². The summed E-state index contributed by atoms with van der Waals surface area (Å²) in [5.74, 6) is -1.54. The lowest BCUT2D eigenvalue weighted by atomic mass is 9.92. The predicted octanol–water partition coefficient (Wildman–Crippen LogP) is 8.05. The van der Waals surface area contributed by atoms with E-state index in [-0.39, 0.29) is 25.1 Å². The molecule has 3 atom stereocenters. The van der Waals surface area contributed by atoms with Crippen molar-refractivity contribution in [3.63, 3.8) is 0 Å². The Morgan fingerprint density at radius 2 is 1.24 bits per heavy atom. The summed E-state index contributed by atoms with van der Waals surface area (Å²) in [4.78, 5) is 58.7. The van der Waals surface area contributed by atoms with Crippen LogP contribution in [0.2, 0.25) is 0 Å². The Hall–Kier alpha value is -4.86. The van der Waals surface area contributed by atoms with Crippen LogP contribution in [-0.2, 0) is 36.7 Å². The van der Waals surface area contributed by atoms with E-state index in [9.17, 15) is 19.5 Å². The van der Waals surface area contributed by atoms with Crippen LogP contribution in [0.3, 0.4) is 0 Å². The quantitative estimate of drug-likeness (QED) is 0.0941. The lowest BCUT2D eigenvalue weighted by molar-refractivity contribution is -0.159. The fourth-order valence-corrected chi connectivity index (χ4v) is 6.32. The first-order chi connectivity index (χ1) is 25.4. The molecule has 54 heavy (non-hydrogen) atoms. The molecule has 294 valence electrons. The molecule has 0 bridgehead atoms. The molecule has 0 radical (unpaired) electrons. The van der Waals surface area contributed by atoms with Crippen LogP contribution in [0.1, 0.15) is 114 Å². The standard InChI is InChI=1S/C44H61N3O7/c1-10-11-12-13-17-27-47(40(50)35(46-42(52)54-44(7,8)9)28-33-23-25-34(48)26-24-33)38(37-30(2)19-18-20-31(37)3)39(49)45-36(41(51)53-43(4,5)6)29-32-21-15-14-16-22-32/h14-16,18-26,35-36,38,48H,10-13,17,27-29H2,1-9H3,(H,45,49)(H,46,52). The van der Waals surface area contributed by atoms with Gasteiger partial charge in [0.2, 0.25) is 11.8 Å². The van der Waals surface area contributed by atoms with Crippen molar-refractivity contribution < 1.29 is 33.8 Å². The molecule has 10 nitrogen and oxygen atoms in total. The SMILES string of the molecule is CCCCCCCN(C(=O)C(Cc1ccc(O)cc1)NC(=O)OC(C)(C)C)C(C(=O)NC(Cc1ccccc1)C(=O)OC(C)(C)C)c1c(C)cccc1C. The number of phenolic OH excluding ortho intramolecular Hbond substituents is 1. The molecule has 0 heterocycles. The van der Waals surface area contributed by atoms with E-state index < -0.39 is 53.2 Å². The predicted molar refractivity (Wildman–Crippen MR) is 212 cm³/mol. The Morgan fingerprint density at radius 3 is 1.81 bits per heavy atom. The van der Waals surface area contributed by atoms with Crippen LogP contribution in [-0.4, -0.2) is 63.7 Å². The average molecular weight is 744 g/mol. The first kappa shape index (κ1) is 43.5. The smallest absolute Gasteiger partial charge is 0.408 e. The third-order valence-corrected chi connectivity index (χ3v) is 8.82. The van der Waals surface area contributed by atoms with Crippen LogP contribution in [0, 0.1) is 13.8 Å². The van der Waals surface area contributed by atoms with E-state index in [0.717, 1.165) is 42.4 Å². The number of benzene rings is 3. The highest BCUT2D eigenvalue weighted by Crippen LogP contribution is 2.30. The van der Waals surface area contributed by atoms with Gasteiger partial charge in [-0.3, -0.25) is 9.59 Å². The highest BCUT2D eigenvalue weighted by molar-refractivity contribution is 5.94. The number of nitrogens with zero attached hydrogens (tertiary/aromatic N) is 1. The topological polar surface area (TPSA) is 134 Å². The highest BCUT2D eigenvalue weighted by atomic mass is 16.6. The van der Waals surface area contributed by atoms with Gasteiger partial charge in [0.05, 0.1) is 0 Å². The summed E-state index contributed by atoms with van der Waals surface area (Å²) in [6.45, 7) is 16.7. The molecule has 0 aliphatic rings. The molecule has 0 aromatic heterocycles. The van der Waals surface area contributed by atoms with Crippen molar-refractivity contribution in [2.75, 3.05) is 6.54 Å². The first-order valence-corrected chi connectivity index (χ1v) is 19.1. The number of carbonyl (C=O) groups is 4. The molecule has 0 saturated carbocycles. The third kappa shape index (κ3) is 14.2. The molecule has 0 aliphatic carbocycles. The maximum Gasteiger partial charge on any atom is 0.408 e. The molecule has 0 fully saturated rings. The molecule has 0 spiro atoms. The Labute approximate surface area is 322 Å². The fourth-order valence-electron chi connectivity index (χ4n) is 6.32. The van der Waals surface area contributed by atoms with Gasteiger partial charge in [-0.15, -0.1) is 0 Å². The van der Waals surface area contributed by atoms with Gasteiger partial charge in [-0.2, -0.15) is 0 Å². The zero-order valence-electron chi connectivity index (χ0n) is 33.7. The molecular weight excluding hydrogens is 682 g/mol. The molecule has 10 heteroatoms. The van der Waals surface area contributed by atoms with E-state index in [1.54, 1.807) is 58.6 Å². The van der Waals surface area contributed by atoms with Crippen molar-refractivity contribution in [2.45, 2.75) is 137 Å². The second kappa shape index (κ2) is 20.0. The van der Waals surface area contributed by atoms with Crippen LogP contribution in [0.15, 0.2) is 72.8 Å². The zero-order chi connectivity index (χ0) is 40.1. The van der Waals surface area contributed by atoms with Crippen molar-refractivity contribution in [3.05, 3.63) is 101 Å². The van der Waals surface area contributed by atoms with E-state index in [0.29, 0.717) is 17.5 Å². The number of hydrogen-bond donors (Lipinski definition) is 3. The maximum atomic E-state index is 15.1. The summed E-state index contributed by atoms with van der Waals surface area (Å²) in [5, 5.41) is 15.8. The minimum absolute atomic E-state index is 0.0669. The van der Waals surface area contributed by atoms with Gasteiger partial charge in [0.1, 0.15) is 35.1 Å². The number of unbranched alkanes of at least 4 members (excludes halogenated alkanes) is 4. The highest BCUT2D eigenvalue weighted by Gasteiger charge is 2.39. The Kier molecular flexibility index (Phi) is 16.1. The van der Waals surface area contributed by atoms with E-state index in [1.165, 1.54) is 12.1 Å². The van der Waals surface area contributed by atoms with E-state index in [2.05, 4.69) is 17.6 Å². The molecule has 3 amide bonds. The van der Waals surface area contributed by atoms with Crippen LogP contribution in [0.4, 0.5) is 4.79 Å². The summed E-state index contributed by atoms with van der Waals surface area (Å²) >= 11 is 0. The zero-order valence-corrected chi connectivity index (χ0v) is 33.7. The van der Waals surface area contributed by atoms with Gasteiger partial charge in [0.15, 0.2) is 0 Å². The van der Waals surface area contributed by atoms with Crippen LogP contribution < -0.4 is 10.6 Å². The number of hydrogen-bond acceptors (Lipinski definition) is 7. The summed E-state index contributed by atoms with van der Waals surface area (Å²) in [6, 6.07) is 18.1. The van der Waals surface area contributed by atoms with Crippen molar-refractivity contribution in [2.24, 2.45) is 0 Å². The summed E-state index contributed by atoms with van der Waals surface area (Å²) in [7, 11) is 0. The third-order valence-electron chi connectivity index (χ3n) is 8.82. The lowest BCUT2D eigenvalue weighted by Crippen LogP contribution is -2.56. The molecule has 3 aromatic rings. The van der Waals surface area contributed by atoms with Crippen molar-refractivity contribution >= 4 is 23.9 Å². The largest absolute Gasteiger partial charge is 0.508 e. The number of aryl methyl sites for hydroxylation is 2. The van der Waals surface area contributed by atoms with E-state index >= 15 is 4.79 Å². The van der Waals surface area contributed by atoms with E-state index in [1.807, 2.05) is 62.4 Å². The van der Waals surface area contributed by atoms with Crippen LogP contribution in [0.25, 0.3) is 0 Å². The molecule has 3 rings (SSSR count). The number of phenols is 1. The molecule has 0 saturated heterocycles. The van der Waals surface area contributed by atoms with Gasteiger partial charge in [-0.1, -0.05) is 93.3 Å². The Balaban J connectivity index is 2.18. The normalized spacial score (nSPS) is 13.3. The molecule has 3 unspecified atom stereocenters. The fraction of sp³-hybridized carbons (Fsp3) is 0.500. The molecule has 3 aromatic carbocycles. The number of nitrogens with one attached hydrogen (secondary N) is 2. The first-order valence-electron chi connectivity index (χ1n) is 19.1. The second-order valence-corrected chi connectivity index (χ2v) is 16.0. The number of aromatic hydroxyl groups is 1. The van der Waals surface area contributed by atoms with Crippen LogP contribution >= 0.6 is 0 Å². The number of rotatable bonds is 17. The number of ether oxygens (including phenoxy) is 2. The lowest BCUT2D eigenvalue weighted by Gasteiger charge is -2.36. The number of alkyl carbamates (subject to hydrolysis) is 1. The maximum absolute atomic E-state index is 15.1. The van der Waals surface area contributed by atoms with Crippen molar-refractivity contribution in [1.82, 2.24) is 15.5 Å². The van der Waals surface area contributed by atoms with Gasteiger partial charge >= 0.3 is 12.1 Å². The summed E-state index contributed by atoms with van der Waals surface area (Å²) in [5.41, 5.74) is 2.11. The average Bonchev–Trinajstić information content (AvgIpc) is 3.07. The van der Waals surface area contributed by atoms with Crippen molar-refractivity contribution in [1.29, 1.82) is 0 Å². The summed E-state index contributed by atoms with van der Waals surface area (Å²) < 4.78 is 11.4. The monoisotopic (exact) mass is 743 g/mol. The summed E-state index contributed by atoms with van der Waals surface area (Å²) in [6.07, 6.45) is 3.95. The molecule has 3 N–H and O–H groups in total. The van der Waals surface area contributed by atoms with Gasteiger partial charge in [-0.05, 0) is 102 Å². The van der Waals surface area contributed by atoms with Crippen molar-refractivity contribution in [3.8, 4) is 5.75 Å². The number of esters is 1. The van der Waals surface area contributed by atoms with E-state index in [4.69, 9.17) is 9.47 Å². The molecule has 0 aliphatic heterocycles. The van der Waals surface area contributed by atoms with Gasteiger partial charge in [-0.25, -0.2) is 9.59 Å². The minimum Gasteiger partial charge on any atom is -0.508 e. The number of amides is 3. The van der Waals surface area contributed by atoms with Gasteiger partial charge < -0.3 is 30.1 Å². The minimum atomic E-state index is -1.16. The second-order valence-electron chi connectivity index (χ2n) is 16.0. The Bertz CT molecular complexity index is 1660. The Morgan fingerprint density at radius 1 is 0.685 bits per heavy atom. The number of carbonyl (C=O) groups excluding carboxylic acids is 4. The van der Waals surface area contributed by atoms with Gasteiger partial charge in [0, 0.05) is 19.4 Å². The molecular formula is C44H61N3O7. The van der Waals surface area contributed by atoms with Crippen LogP contribution in [0.5, 0.6) is 5.75 Å².